The summed E-state index contributed by atoms with van der Waals surface area (Å²) in [5.74, 6) is -0.401. The number of hydrogen-bond acceptors (Lipinski definition) is 5. The van der Waals surface area contributed by atoms with Crippen LogP contribution < -0.4 is 15.2 Å². The average Bonchev–Trinajstić information content (AvgIpc) is 2.36. The van der Waals surface area contributed by atoms with Gasteiger partial charge >= 0.3 is 5.97 Å². The molecule has 0 spiro atoms. The van der Waals surface area contributed by atoms with Gasteiger partial charge in [-0.3, -0.25) is 4.79 Å². The molecule has 1 aromatic carbocycles. The molecule has 1 aromatic rings. The van der Waals surface area contributed by atoms with Crippen LogP contribution in [0.5, 0.6) is 11.5 Å². The summed E-state index contributed by atoms with van der Waals surface area (Å²) >= 11 is 0. The van der Waals surface area contributed by atoms with E-state index in [9.17, 15) is 9.59 Å². The number of methoxy groups -OCH3 is 2. The Kier molecular flexibility index (Phi) is 4.53. The first-order valence-electron chi connectivity index (χ1n) is 5.21. The molecule has 0 saturated carbocycles. The lowest BCUT2D eigenvalue weighted by atomic mass is 10.2. The Morgan fingerprint density at radius 1 is 1.17 bits per heavy atom. The normalized spacial score (nSPS) is 11.5. The molecule has 0 aliphatic carbocycles. The summed E-state index contributed by atoms with van der Waals surface area (Å²) < 4.78 is 14.9. The van der Waals surface area contributed by atoms with E-state index in [1.54, 1.807) is 6.07 Å². The number of hydrogen-bond donors (Lipinski definition) is 1. The zero-order chi connectivity index (χ0) is 13.7. The van der Waals surface area contributed by atoms with Crippen LogP contribution >= 0.6 is 0 Å². The Morgan fingerprint density at radius 3 is 2.28 bits per heavy atom. The number of nitrogens with two attached hydrogens (primary N) is 1. The lowest BCUT2D eigenvalue weighted by molar-refractivity contribution is -0.147. The molecule has 1 atom stereocenters. The van der Waals surface area contributed by atoms with Crippen LogP contribution in [0, 0.1) is 0 Å². The Labute approximate surface area is 105 Å². The summed E-state index contributed by atoms with van der Waals surface area (Å²) in [4.78, 5) is 22.3. The standard InChI is InChI=1S/C12H15NO5/c1-7(12(15)17-3)18-10-5-8(11(13)14)4-9(6-10)16-2/h4-7H,1-3H3,(H2,13,14). The van der Waals surface area contributed by atoms with Crippen molar-refractivity contribution in [3.8, 4) is 11.5 Å². The summed E-state index contributed by atoms with van der Waals surface area (Å²) in [6.45, 7) is 1.54. The Hall–Kier alpha value is -2.24. The van der Waals surface area contributed by atoms with Crippen molar-refractivity contribution in [3.63, 3.8) is 0 Å². The van der Waals surface area contributed by atoms with Crippen molar-refractivity contribution >= 4 is 11.9 Å². The van der Waals surface area contributed by atoms with Gasteiger partial charge in [0.25, 0.3) is 0 Å². The number of ether oxygens (including phenoxy) is 3. The van der Waals surface area contributed by atoms with Crippen molar-refractivity contribution in [1.82, 2.24) is 0 Å². The Balaban J connectivity index is 2.98. The van der Waals surface area contributed by atoms with Crippen LogP contribution in [-0.4, -0.2) is 32.2 Å². The molecule has 0 aliphatic rings. The summed E-state index contributed by atoms with van der Waals surface area (Å²) in [7, 11) is 2.72. The Morgan fingerprint density at radius 2 is 1.78 bits per heavy atom. The van der Waals surface area contributed by atoms with E-state index < -0.39 is 18.0 Å². The van der Waals surface area contributed by atoms with Gasteiger partial charge in [0.1, 0.15) is 11.5 Å². The molecule has 98 valence electrons. The molecule has 2 N–H and O–H groups in total. The zero-order valence-electron chi connectivity index (χ0n) is 10.4. The van der Waals surface area contributed by atoms with Crippen molar-refractivity contribution in [2.45, 2.75) is 13.0 Å². The first-order chi connectivity index (χ1) is 8.47. The summed E-state index contributed by atoms with van der Waals surface area (Å²) in [5.41, 5.74) is 5.42. The maximum Gasteiger partial charge on any atom is 0.346 e. The van der Waals surface area contributed by atoms with Crippen LogP contribution in [0.3, 0.4) is 0 Å². The monoisotopic (exact) mass is 253 g/mol. The summed E-state index contributed by atoms with van der Waals surface area (Å²) in [6.07, 6.45) is -0.789. The first-order valence-corrected chi connectivity index (χ1v) is 5.21. The minimum atomic E-state index is -0.789. The van der Waals surface area contributed by atoms with Gasteiger partial charge in [-0.2, -0.15) is 0 Å². The Bertz CT molecular complexity index is 458. The summed E-state index contributed by atoms with van der Waals surface area (Å²) in [6, 6.07) is 4.47. The number of carbonyl (C=O) groups is 2. The number of amides is 1. The van der Waals surface area contributed by atoms with Crippen LogP contribution in [0.4, 0.5) is 0 Å². The van der Waals surface area contributed by atoms with Crippen molar-refractivity contribution in [3.05, 3.63) is 23.8 Å². The minimum Gasteiger partial charge on any atom is -0.497 e. The van der Waals surface area contributed by atoms with Crippen molar-refractivity contribution in [1.29, 1.82) is 0 Å². The zero-order valence-corrected chi connectivity index (χ0v) is 10.4. The third kappa shape index (κ3) is 3.38. The maximum absolute atomic E-state index is 11.2. The largest absolute Gasteiger partial charge is 0.497 e. The number of benzene rings is 1. The highest BCUT2D eigenvalue weighted by Gasteiger charge is 2.16. The third-order valence-electron chi connectivity index (χ3n) is 2.25. The van der Waals surface area contributed by atoms with Crippen molar-refractivity contribution in [2.24, 2.45) is 5.73 Å². The van der Waals surface area contributed by atoms with E-state index in [1.807, 2.05) is 0 Å². The minimum absolute atomic E-state index is 0.237. The maximum atomic E-state index is 11.2. The first kappa shape index (κ1) is 13.8. The van der Waals surface area contributed by atoms with Crippen molar-refractivity contribution in [2.75, 3.05) is 14.2 Å². The SMILES string of the molecule is COC(=O)C(C)Oc1cc(OC)cc(C(N)=O)c1. The van der Waals surface area contributed by atoms with Crippen LogP contribution in [-0.2, 0) is 9.53 Å². The van der Waals surface area contributed by atoms with E-state index in [0.717, 1.165) is 0 Å². The molecular formula is C12H15NO5. The van der Waals surface area contributed by atoms with Gasteiger partial charge in [-0.1, -0.05) is 0 Å². The predicted molar refractivity (Wildman–Crippen MR) is 63.6 cm³/mol. The van der Waals surface area contributed by atoms with E-state index in [2.05, 4.69) is 4.74 Å². The molecule has 0 bridgehead atoms. The highest BCUT2D eigenvalue weighted by molar-refractivity contribution is 5.93. The van der Waals surface area contributed by atoms with Gasteiger partial charge < -0.3 is 19.9 Å². The number of esters is 1. The third-order valence-corrected chi connectivity index (χ3v) is 2.25. The van der Waals surface area contributed by atoms with E-state index in [4.69, 9.17) is 15.2 Å². The molecule has 0 saturated heterocycles. The number of primary amides is 1. The lowest BCUT2D eigenvalue weighted by Crippen LogP contribution is -2.25. The molecule has 6 heteroatoms. The van der Waals surface area contributed by atoms with Crippen LogP contribution in [0.15, 0.2) is 18.2 Å². The lowest BCUT2D eigenvalue weighted by Gasteiger charge is -2.14. The highest BCUT2D eigenvalue weighted by atomic mass is 16.6. The number of rotatable bonds is 5. The van der Waals surface area contributed by atoms with Gasteiger partial charge in [0.15, 0.2) is 6.10 Å². The van der Waals surface area contributed by atoms with E-state index >= 15 is 0 Å². The molecule has 0 radical (unpaired) electrons. The molecule has 1 amide bonds. The molecular weight excluding hydrogens is 238 g/mol. The number of carbonyl (C=O) groups excluding carboxylic acids is 2. The van der Waals surface area contributed by atoms with Gasteiger partial charge in [-0.25, -0.2) is 4.79 Å². The second kappa shape index (κ2) is 5.90. The van der Waals surface area contributed by atoms with E-state index in [0.29, 0.717) is 11.5 Å². The van der Waals surface area contributed by atoms with Crippen LogP contribution in [0.1, 0.15) is 17.3 Å². The van der Waals surface area contributed by atoms with Gasteiger partial charge in [0.2, 0.25) is 5.91 Å². The summed E-state index contributed by atoms with van der Waals surface area (Å²) in [5, 5.41) is 0. The fraction of sp³-hybridized carbons (Fsp3) is 0.333. The van der Waals surface area contributed by atoms with E-state index in [-0.39, 0.29) is 5.56 Å². The van der Waals surface area contributed by atoms with Crippen LogP contribution in [0.2, 0.25) is 0 Å². The second-order valence-electron chi connectivity index (χ2n) is 3.54. The van der Waals surface area contributed by atoms with Crippen molar-refractivity contribution < 1.29 is 23.8 Å². The molecule has 1 rings (SSSR count). The average molecular weight is 253 g/mol. The molecule has 18 heavy (non-hydrogen) atoms. The second-order valence-corrected chi connectivity index (χ2v) is 3.54. The molecule has 6 nitrogen and oxygen atoms in total. The predicted octanol–water partition coefficient (Wildman–Crippen LogP) is 0.734. The fourth-order valence-electron chi connectivity index (χ4n) is 1.32. The van der Waals surface area contributed by atoms with Gasteiger partial charge in [-0.05, 0) is 19.1 Å². The molecule has 1 unspecified atom stereocenters. The van der Waals surface area contributed by atoms with Gasteiger partial charge in [0, 0.05) is 11.6 Å². The molecule has 0 aliphatic heterocycles. The van der Waals surface area contributed by atoms with E-state index in [1.165, 1.54) is 33.3 Å². The molecule has 0 fully saturated rings. The molecule has 0 aromatic heterocycles. The smallest absolute Gasteiger partial charge is 0.346 e. The fourth-order valence-corrected chi connectivity index (χ4v) is 1.32. The highest BCUT2D eigenvalue weighted by Crippen LogP contribution is 2.23. The quantitative estimate of drug-likeness (QED) is 0.782. The van der Waals surface area contributed by atoms with Crippen LogP contribution in [0.25, 0.3) is 0 Å². The van der Waals surface area contributed by atoms with Gasteiger partial charge in [0.05, 0.1) is 14.2 Å². The van der Waals surface area contributed by atoms with Gasteiger partial charge in [-0.15, -0.1) is 0 Å². The topological polar surface area (TPSA) is 87.8 Å². The molecule has 0 heterocycles.